The van der Waals surface area contributed by atoms with Crippen molar-refractivity contribution in [2.75, 3.05) is 13.7 Å². The summed E-state index contributed by atoms with van der Waals surface area (Å²) in [5.74, 6) is 0.748. The monoisotopic (exact) mass is 376 g/mol. The van der Waals surface area contributed by atoms with Crippen molar-refractivity contribution in [3.05, 3.63) is 81.3 Å². The Bertz CT molecular complexity index is 1050. The zero-order chi connectivity index (χ0) is 19.8. The Morgan fingerprint density at radius 2 is 2.18 bits per heavy atom. The third-order valence-electron chi connectivity index (χ3n) is 5.54. The maximum Gasteiger partial charge on any atom is 0.256 e. The van der Waals surface area contributed by atoms with Gasteiger partial charge in [0.1, 0.15) is 5.75 Å². The Morgan fingerprint density at radius 3 is 2.96 bits per heavy atom. The first-order valence-corrected chi connectivity index (χ1v) is 9.54. The maximum absolute atomic E-state index is 13.5. The van der Waals surface area contributed by atoms with Gasteiger partial charge in [0.25, 0.3) is 11.5 Å². The van der Waals surface area contributed by atoms with E-state index in [9.17, 15) is 9.59 Å². The number of benzene rings is 1. The predicted octanol–water partition coefficient (Wildman–Crippen LogP) is 3.59. The molecular weight excluding hydrogens is 352 g/mol. The molecule has 1 atom stereocenters. The van der Waals surface area contributed by atoms with Crippen molar-refractivity contribution in [1.29, 1.82) is 0 Å². The van der Waals surface area contributed by atoms with Gasteiger partial charge < -0.3 is 14.2 Å². The zero-order valence-electron chi connectivity index (χ0n) is 16.3. The molecule has 1 unspecified atom stereocenters. The van der Waals surface area contributed by atoms with E-state index in [1.54, 1.807) is 21.7 Å². The lowest BCUT2D eigenvalue weighted by molar-refractivity contribution is 0.0685. The van der Waals surface area contributed by atoms with Crippen LogP contribution in [-0.4, -0.2) is 29.0 Å². The Labute approximate surface area is 164 Å². The molecule has 1 amide bonds. The summed E-state index contributed by atoms with van der Waals surface area (Å²) in [6, 6.07) is 7.80. The van der Waals surface area contributed by atoms with Crippen LogP contribution >= 0.6 is 0 Å². The van der Waals surface area contributed by atoms with Crippen molar-refractivity contribution in [1.82, 2.24) is 9.47 Å². The molecule has 5 heteroatoms. The molecule has 0 fully saturated rings. The lowest BCUT2D eigenvalue weighted by atomic mass is 9.98. The average Bonchev–Trinajstić information content (AvgIpc) is 3.10. The van der Waals surface area contributed by atoms with E-state index in [1.807, 2.05) is 44.3 Å². The van der Waals surface area contributed by atoms with Crippen LogP contribution < -0.4 is 10.3 Å². The van der Waals surface area contributed by atoms with Gasteiger partial charge in [-0.15, -0.1) is 6.58 Å². The van der Waals surface area contributed by atoms with Gasteiger partial charge in [0, 0.05) is 37.3 Å². The van der Waals surface area contributed by atoms with Crippen LogP contribution in [0.4, 0.5) is 0 Å². The number of para-hydroxylation sites is 1. The minimum Gasteiger partial charge on any atom is -0.493 e. The first-order chi connectivity index (χ1) is 13.5. The Hall–Kier alpha value is -3.08. The van der Waals surface area contributed by atoms with Crippen LogP contribution in [0.1, 0.15) is 46.4 Å². The van der Waals surface area contributed by atoms with E-state index >= 15 is 0 Å². The Kier molecular flexibility index (Phi) is 4.67. The molecule has 144 valence electrons. The largest absolute Gasteiger partial charge is 0.493 e. The molecule has 28 heavy (non-hydrogen) atoms. The van der Waals surface area contributed by atoms with Gasteiger partial charge >= 0.3 is 0 Å². The number of pyridine rings is 1. The summed E-state index contributed by atoms with van der Waals surface area (Å²) in [4.78, 5) is 28.0. The molecule has 0 N–H and O–H groups in total. The fourth-order valence-corrected chi connectivity index (χ4v) is 4.15. The van der Waals surface area contributed by atoms with E-state index in [0.29, 0.717) is 30.7 Å². The van der Waals surface area contributed by atoms with Gasteiger partial charge in [-0.3, -0.25) is 9.59 Å². The first kappa shape index (κ1) is 18.3. The highest BCUT2D eigenvalue weighted by atomic mass is 16.5. The van der Waals surface area contributed by atoms with Crippen LogP contribution in [0.15, 0.2) is 53.5 Å². The predicted molar refractivity (Wildman–Crippen MR) is 110 cm³/mol. The topological polar surface area (TPSA) is 51.5 Å². The van der Waals surface area contributed by atoms with Gasteiger partial charge in [-0.1, -0.05) is 35.9 Å². The molecule has 1 aromatic heterocycles. The summed E-state index contributed by atoms with van der Waals surface area (Å²) in [7, 11) is 1.83. The molecule has 0 bridgehead atoms. The molecular formula is C23H24N2O3. The lowest BCUT2D eigenvalue weighted by Gasteiger charge is -2.33. The fraction of sp³-hybridized carbons (Fsp3) is 0.304. The fourth-order valence-electron chi connectivity index (χ4n) is 4.15. The van der Waals surface area contributed by atoms with Gasteiger partial charge in [0.05, 0.1) is 18.2 Å². The number of aromatic nitrogens is 1. The Morgan fingerprint density at radius 1 is 1.39 bits per heavy atom. The number of nitrogens with zero attached hydrogens (tertiary/aromatic N) is 2. The summed E-state index contributed by atoms with van der Waals surface area (Å²) in [6.45, 7) is 6.68. The summed E-state index contributed by atoms with van der Waals surface area (Å²) < 4.78 is 7.32. The van der Waals surface area contributed by atoms with Crippen molar-refractivity contribution < 1.29 is 9.53 Å². The van der Waals surface area contributed by atoms with E-state index in [1.165, 1.54) is 0 Å². The average molecular weight is 376 g/mol. The van der Waals surface area contributed by atoms with Crippen molar-refractivity contribution in [2.45, 2.75) is 32.4 Å². The number of hydrogen-bond donors (Lipinski definition) is 0. The van der Waals surface area contributed by atoms with Gasteiger partial charge in [-0.05, 0) is 25.0 Å². The maximum atomic E-state index is 13.5. The number of hydrogen-bond acceptors (Lipinski definition) is 3. The highest BCUT2D eigenvalue weighted by molar-refractivity contribution is 5.99. The Balaban J connectivity index is 1.77. The molecule has 1 aliphatic carbocycles. The van der Waals surface area contributed by atoms with E-state index in [0.717, 1.165) is 28.9 Å². The summed E-state index contributed by atoms with van der Waals surface area (Å²) >= 11 is 0. The normalized spacial score (nSPS) is 17.2. The van der Waals surface area contributed by atoms with Gasteiger partial charge in [0.15, 0.2) is 0 Å². The molecule has 2 aromatic rings. The summed E-state index contributed by atoms with van der Waals surface area (Å²) in [6.07, 6.45) is 6.66. The number of allylic oxidation sites excluding steroid dienone is 2. The molecule has 5 nitrogen and oxygen atoms in total. The smallest absolute Gasteiger partial charge is 0.256 e. The van der Waals surface area contributed by atoms with Gasteiger partial charge in [-0.25, -0.2) is 0 Å². The standard InChI is InChI=1S/C23H24N2O3/c1-4-10-25-14-19(17-12-15(2)13-18(17)23(25)27)22(26)24(3)20-9-11-28-21-8-6-5-7-16(20)21/h4-8,12,14,20H,1,9-11,13H2,2-3H3. The molecule has 1 aromatic carbocycles. The number of carbonyl (C=O) groups is 1. The number of ether oxygens (including phenoxy) is 1. The highest BCUT2D eigenvalue weighted by Gasteiger charge is 2.31. The van der Waals surface area contributed by atoms with Crippen molar-refractivity contribution in [3.8, 4) is 5.75 Å². The lowest BCUT2D eigenvalue weighted by Crippen LogP contribution is -2.36. The molecule has 4 rings (SSSR count). The second kappa shape index (κ2) is 7.15. The molecule has 0 saturated carbocycles. The number of rotatable bonds is 4. The van der Waals surface area contributed by atoms with Crippen LogP contribution in [0.5, 0.6) is 5.75 Å². The van der Waals surface area contributed by atoms with Gasteiger partial charge in [-0.2, -0.15) is 0 Å². The summed E-state index contributed by atoms with van der Waals surface area (Å²) in [5, 5.41) is 0. The second-order valence-corrected chi connectivity index (χ2v) is 7.46. The first-order valence-electron chi connectivity index (χ1n) is 9.54. The minimum absolute atomic E-state index is 0.0429. The molecule has 0 radical (unpaired) electrons. The van der Waals surface area contributed by atoms with Crippen LogP contribution in [0, 0.1) is 0 Å². The molecule has 1 aliphatic heterocycles. The van der Waals surface area contributed by atoms with Crippen LogP contribution in [0.25, 0.3) is 6.08 Å². The number of amides is 1. The molecule has 2 heterocycles. The van der Waals surface area contributed by atoms with E-state index in [2.05, 4.69) is 6.58 Å². The van der Waals surface area contributed by atoms with Crippen LogP contribution in [0.3, 0.4) is 0 Å². The van der Waals surface area contributed by atoms with E-state index in [-0.39, 0.29) is 17.5 Å². The molecule has 0 spiro atoms. The summed E-state index contributed by atoms with van der Waals surface area (Å²) in [5.41, 5.74) is 4.10. The van der Waals surface area contributed by atoms with Crippen molar-refractivity contribution >= 4 is 12.0 Å². The minimum atomic E-state index is -0.0817. The SMILES string of the molecule is C=CCn1cc(C(=O)N(C)C2CCOc3ccccc32)c2c(c1=O)CC(C)=C2. The molecule has 0 saturated heterocycles. The highest BCUT2D eigenvalue weighted by Crippen LogP contribution is 2.36. The van der Waals surface area contributed by atoms with E-state index < -0.39 is 0 Å². The van der Waals surface area contributed by atoms with Crippen LogP contribution in [0.2, 0.25) is 0 Å². The number of carbonyl (C=O) groups excluding carboxylic acids is 1. The number of fused-ring (bicyclic) bond motifs is 2. The third kappa shape index (κ3) is 2.97. The van der Waals surface area contributed by atoms with Crippen molar-refractivity contribution in [3.63, 3.8) is 0 Å². The van der Waals surface area contributed by atoms with Gasteiger partial charge in [0.2, 0.25) is 0 Å². The second-order valence-electron chi connectivity index (χ2n) is 7.46. The third-order valence-corrected chi connectivity index (χ3v) is 5.54. The van der Waals surface area contributed by atoms with Crippen molar-refractivity contribution in [2.24, 2.45) is 0 Å². The van der Waals surface area contributed by atoms with E-state index in [4.69, 9.17) is 4.74 Å². The quantitative estimate of drug-likeness (QED) is 0.767. The zero-order valence-corrected chi connectivity index (χ0v) is 16.3. The van der Waals surface area contributed by atoms with Crippen LogP contribution in [-0.2, 0) is 13.0 Å². The molecule has 2 aliphatic rings.